The van der Waals surface area contributed by atoms with Gasteiger partial charge < -0.3 is 14.6 Å². The van der Waals surface area contributed by atoms with Gasteiger partial charge in [0.05, 0.1) is 18.1 Å². The molecule has 30 heavy (non-hydrogen) atoms. The van der Waals surface area contributed by atoms with Crippen LogP contribution in [-0.4, -0.2) is 24.1 Å². The maximum absolute atomic E-state index is 12.0. The molecule has 0 radical (unpaired) electrons. The summed E-state index contributed by atoms with van der Waals surface area (Å²) >= 11 is 0. The van der Waals surface area contributed by atoms with Crippen LogP contribution in [-0.2, 0) is 15.1 Å². The van der Waals surface area contributed by atoms with Crippen LogP contribution in [0.2, 0.25) is 0 Å². The zero-order chi connectivity index (χ0) is 21.5. The van der Waals surface area contributed by atoms with E-state index in [-0.39, 0.29) is 6.61 Å². The Kier molecular flexibility index (Phi) is 6.99. The first-order chi connectivity index (χ1) is 14.6. The standard InChI is InChI=1S/C27H28O3/c1-3-13-25(29)26(2,20-28)21-30-27(22-14-7-4-8-15-22,23-16-9-5-10-17-23)24-18-11-6-12-19-24/h3-12,14-20,25,29H,1,13,21H2,2H3/t25-,26+/m0/s1. The zero-order valence-corrected chi connectivity index (χ0v) is 17.3. The Labute approximate surface area is 178 Å². The maximum Gasteiger partial charge on any atom is 0.143 e. The quantitative estimate of drug-likeness (QED) is 0.291. The second-order valence-electron chi connectivity index (χ2n) is 7.73. The molecule has 1 N–H and O–H groups in total. The van der Waals surface area contributed by atoms with Gasteiger partial charge in [-0.1, -0.05) is 97.1 Å². The molecule has 0 spiro atoms. The molecule has 2 atom stereocenters. The van der Waals surface area contributed by atoms with Gasteiger partial charge >= 0.3 is 0 Å². The van der Waals surface area contributed by atoms with E-state index in [9.17, 15) is 9.90 Å². The summed E-state index contributed by atoms with van der Waals surface area (Å²) in [5, 5.41) is 10.6. The van der Waals surface area contributed by atoms with E-state index >= 15 is 0 Å². The van der Waals surface area contributed by atoms with Crippen LogP contribution < -0.4 is 0 Å². The molecule has 0 unspecified atom stereocenters. The second kappa shape index (κ2) is 9.66. The number of aliphatic hydroxyl groups excluding tert-OH is 1. The van der Waals surface area contributed by atoms with E-state index in [1.165, 1.54) is 0 Å². The van der Waals surface area contributed by atoms with Gasteiger partial charge in [-0.25, -0.2) is 0 Å². The van der Waals surface area contributed by atoms with E-state index in [1.54, 1.807) is 13.0 Å². The molecule has 0 aromatic heterocycles. The summed E-state index contributed by atoms with van der Waals surface area (Å²) in [6.45, 7) is 5.45. The van der Waals surface area contributed by atoms with E-state index in [4.69, 9.17) is 4.74 Å². The van der Waals surface area contributed by atoms with Crippen molar-refractivity contribution in [3.63, 3.8) is 0 Å². The molecular weight excluding hydrogens is 372 g/mol. The Morgan fingerprint density at radius 2 is 1.27 bits per heavy atom. The smallest absolute Gasteiger partial charge is 0.143 e. The third-order valence-corrected chi connectivity index (χ3v) is 5.56. The van der Waals surface area contributed by atoms with E-state index in [0.29, 0.717) is 6.42 Å². The SMILES string of the molecule is C=CC[C@H](O)[C@](C)(C=O)COC(c1ccccc1)(c1ccccc1)c1ccccc1. The van der Waals surface area contributed by atoms with Gasteiger partial charge in [-0.3, -0.25) is 0 Å². The fourth-order valence-electron chi connectivity index (χ4n) is 3.67. The number of hydrogen-bond donors (Lipinski definition) is 1. The zero-order valence-electron chi connectivity index (χ0n) is 17.3. The fourth-order valence-corrected chi connectivity index (χ4v) is 3.67. The van der Waals surface area contributed by atoms with Gasteiger partial charge in [-0.15, -0.1) is 6.58 Å². The molecule has 0 amide bonds. The molecule has 0 fully saturated rings. The molecule has 0 aliphatic rings. The van der Waals surface area contributed by atoms with Crippen LogP contribution in [0.25, 0.3) is 0 Å². The summed E-state index contributed by atoms with van der Waals surface area (Å²) in [6, 6.07) is 29.9. The second-order valence-corrected chi connectivity index (χ2v) is 7.73. The lowest BCUT2D eigenvalue weighted by Crippen LogP contribution is -2.43. The largest absolute Gasteiger partial charge is 0.392 e. The Morgan fingerprint density at radius 1 is 0.867 bits per heavy atom. The highest BCUT2D eigenvalue weighted by atomic mass is 16.5. The van der Waals surface area contributed by atoms with Gasteiger partial charge in [0.25, 0.3) is 0 Å². The minimum Gasteiger partial charge on any atom is -0.392 e. The average Bonchev–Trinajstić information content (AvgIpc) is 2.81. The van der Waals surface area contributed by atoms with Crippen molar-refractivity contribution in [2.24, 2.45) is 5.41 Å². The van der Waals surface area contributed by atoms with Crippen LogP contribution in [0.1, 0.15) is 30.0 Å². The molecule has 154 valence electrons. The molecule has 3 nitrogen and oxygen atoms in total. The third-order valence-electron chi connectivity index (χ3n) is 5.56. The van der Waals surface area contributed by atoms with E-state index in [0.717, 1.165) is 23.0 Å². The van der Waals surface area contributed by atoms with Crippen molar-refractivity contribution in [2.45, 2.75) is 25.0 Å². The minimum atomic E-state index is -1.07. The molecule has 0 heterocycles. The summed E-state index contributed by atoms with van der Waals surface area (Å²) < 4.78 is 6.69. The predicted octanol–water partition coefficient (Wildman–Crippen LogP) is 5.14. The molecule has 0 saturated heterocycles. The van der Waals surface area contributed by atoms with E-state index in [1.807, 2.05) is 91.0 Å². The van der Waals surface area contributed by atoms with Crippen LogP contribution in [0.4, 0.5) is 0 Å². The van der Waals surface area contributed by atoms with Gasteiger partial charge in [0, 0.05) is 0 Å². The summed E-state index contributed by atoms with van der Waals surface area (Å²) in [4.78, 5) is 12.0. The first-order valence-electron chi connectivity index (χ1n) is 10.1. The Morgan fingerprint density at radius 3 is 1.60 bits per heavy atom. The van der Waals surface area contributed by atoms with Crippen LogP contribution in [0.15, 0.2) is 104 Å². The lowest BCUT2D eigenvalue weighted by Gasteiger charge is -2.39. The lowest BCUT2D eigenvalue weighted by molar-refractivity contribution is -0.132. The topological polar surface area (TPSA) is 46.5 Å². The molecule has 3 heteroatoms. The molecule has 0 aliphatic carbocycles. The molecule has 3 rings (SSSR count). The van der Waals surface area contributed by atoms with Gasteiger partial charge in [0.15, 0.2) is 0 Å². The molecule has 0 bridgehead atoms. The normalized spacial score (nSPS) is 14.5. The number of hydrogen-bond acceptors (Lipinski definition) is 3. The van der Waals surface area contributed by atoms with Crippen LogP contribution >= 0.6 is 0 Å². The van der Waals surface area contributed by atoms with Crippen LogP contribution in [0, 0.1) is 5.41 Å². The number of benzene rings is 3. The number of rotatable bonds is 10. The number of ether oxygens (including phenoxy) is 1. The molecule has 3 aromatic rings. The van der Waals surface area contributed by atoms with Gasteiger partial charge in [-0.2, -0.15) is 0 Å². The van der Waals surface area contributed by atoms with Crippen molar-refractivity contribution < 1.29 is 14.6 Å². The summed E-state index contributed by atoms with van der Waals surface area (Å²) in [5.41, 5.74) is 0.858. The van der Waals surface area contributed by atoms with Gasteiger partial charge in [-0.05, 0) is 30.0 Å². The van der Waals surface area contributed by atoms with E-state index in [2.05, 4.69) is 6.58 Å². The predicted molar refractivity (Wildman–Crippen MR) is 120 cm³/mol. The maximum atomic E-state index is 12.0. The van der Waals surface area contributed by atoms with Crippen molar-refractivity contribution in [1.82, 2.24) is 0 Å². The Balaban J connectivity index is 2.16. The molecule has 0 aliphatic heterocycles. The highest BCUT2D eigenvalue weighted by Gasteiger charge is 2.41. The van der Waals surface area contributed by atoms with Crippen molar-refractivity contribution in [3.05, 3.63) is 120 Å². The summed E-state index contributed by atoms with van der Waals surface area (Å²) in [6.07, 6.45) is 1.83. The van der Waals surface area contributed by atoms with Gasteiger partial charge in [0.1, 0.15) is 11.9 Å². The number of aldehydes is 1. The van der Waals surface area contributed by atoms with Crippen molar-refractivity contribution in [1.29, 1.82) is 0 Å². The molecule has 0 saturated carbocycles. The summed E-state index contributed by atoms with van der Waals surface area (Å²) in [5.74, 6) is 0. The number of carbonyl (C=O) groups excluding carboxylic acids is 1. The average molecular weight is 401 g/mol. The van der Waals surface area contributed by atoms with Crippen molar-refractivity contribution in [2.75, 3.05) is 6.61 Å². The highest BCUT2D eigenvalue weighted by Crippen LogP contribution is 2.41. The molecular formula is C27H28O3. The monoisotopic (exact) mass is 400 g/mol. The van der Waals surface area contributed by atoms with Gasteiger partial charge in [0.2, 0.25) is 0 Å². The van der Waals surface area contributed by atoms with Crippen LogP contribution in [0.3, 0.4) is 0 Å². The fraction of sp³-hybridized carbons (Fsp3) is 0.222. The highest BCUT2D eigenvalue weighted by molar-refractivity contribution is 5.60. The first kappa shape index (κ1) is 21.7. The van der Waals surface area contributed by atoms with Crippen molar-refractivity contribution in [3.8, 4) is 0 Å². The number of aliphatic hydroxyl groups is 1. The Hall–Kier alpha value is -3.01. The van der Waals surface area contributed by atoms with Crippen molar-refractivity contribution >= 4 is 6.29 Å². The minimum absolute atomic E-state index is 0.0458. The van der Waals surface area contributed by atoms with Crippen LogP contribution in [0.5, 0.6) is 0 Å². The lowest BCUT2D eigenvalue weighted by atomic mass is 9.79. The first-order valence-corrected chi connectivity index (χ1v) is 10.1. The summed E-state index contributed by atoms with van der Waals surface area (Å²) in [7, 11) is 0. The number of carbonyl (C=O) groups is 1. The van der Waals surface area contributed by atoms with E-state index < -0.39 is 17.1 Å². The molecule has 3 aromatic carbocycles. The Bertz CT molecular complexity index is 841. The third kappa shape index (κ3) is 4.28.